The third-order valence-corrected chi connectivity index (χ3v) is 15.3. The Balaban J connectivity index is 1.01. The fourth-order valence-electron chi connectivity index (χ4n) is 10.5. The SMILES string of the molecule is C=C[C@@H]1CC1(NC(=O)[C@@H]1C[C@@H](Oc2cc(-c3csc(NC(C)C)n3)nc3c(Cl)c(OCCN4CC[C@@H](OC)C4)ccc23)CN1C(=O)[C@@H](NC(=O)O[C@@H]1CC2C3C1[C@H]23)C(C)(C)C)C(=O)OC. The summed E-state index contributed by atoms with van der Waals surface area (Å²) >= 11 is 8.59. The molecule has 10 rings (SSSR count). The summed E-state index contributed by atoms with van der Waals surface area (Å²) in [5.41, 5.74) is -0.540. The Bertz CT molecular complexity index is 2360. The standard InChI is InChI=1S/C47H60ClN7O9S/c1-9-24-19-47(24,43(58)61-8)53-41(56)31-16-26(21-55(31)42(57)40(46(4,5)6)52-45(59)64-34-17-28-35-36(28)37(34)35)63-33-18-29(30-22-65-44(51-30)49-23(2)3)50-39-27(33)10-11-32(38(39)48)62-15-14-54-13-12-25(20-54)60-7/h9-11,18,22-26,28,31,34-37,40H,1,12-17,19-21H2,2-8H3,(H,49,51)(H,52,59)(H,53,56)/t24-,25-,26-,28?,31+,34-,35-,36?,37?,40-,47?/m1/s1. The molecule has 350 valence electrons. The Morgan fingerprint density at radius 1 is 1.05 bits per heavy atom. The number of rotatable bonds is 17. The number of fused-ring (bicyclic) bond motifs is 2. The number of pyridine rings is 1. The van der Waals surface area contributed by atoms with Crippen LogP contribution in [0.2, 0.25) is 5.02 Å². The van der Waals surface area contributed by atoms with E-state index in [0.717, 1.165) is 31.1 Å². The maximum atomic E-state index is 14.9. The number of likely N-dealkylation sites (tertiary alicyclic amines) is 2. The van der Waals surface area contributed by atoms with Crippen LogP contribution in [0.15, 0.2) is 36.2 Å². The maximum Gasteiger partial charge on any atom is 0.408 e. The van der Waals surface area contributed by atoms with Gasteiger partial charge in [-0.3, -0.25) is 14.5 Å². The zero-order valence-corrected chi connectivity index (χ0v) is 39.6. The smallest absolute Gasteiger partial charge is 0.408 e. The second-order valence-corrected chi connectivity index (χ2v) is 21.1. The molecule has 65 heavy (non-hydrogen) atoms. The van der Waals surface area contributed by atoms with Gasteiger partial charge in [-0.1, -0.05) is 38.4 Å². The first-order chi connectivity index (χ1) is 31.0. The Hall–Kier alpha value is -4.71. The van der Waals surface area contributed by atoms with Crippen LogP contribution in [0.25, 0.3) is 22.3 Å². The second kappa shape index (κ2) is 17.5. The third kappa shape index (κ3) is 8.85. The van der Waals surface area contributed by atoms with E-state index < -0.39 is 53.0 Å². The van der Waals surface area contributed by atoms with Gasteiger partial charge in [0.25, 0.3) is 0 Å². The first-order valence-corrected chi connectivity index (χ1v) is 24.0. The predicted octanol–water partition coefficient (Wildman–Crippen LogP) is 5.92. The molecule has 3 aromatic rings. The molecule has 2 aromatic heterocycles. The lowest BCUT2D eigenvalue weighted by Gasteiger charge is -2.35. The van der Waals surface area contributed by atoms with E-state index in [1.54, 1.807) is 25.3 Å². The molecule has 16 nitrogen and oxygen atoms in total. The highest BCUT2D eigenvalue weighted by atomic mass is 35.5. The van der Waals surface area contributed by atoms with Crippen molar-refractivity contribution >= 4 is 62.8 Å². The average molecular weight is 935 g/mol. The van der Waals surface area contributed by atoms with E-state index in [1.807, 2.05) is 46.1 Å². The molecule has 11 atom stereocenters. The minimum atomic E-state index is -1.30. The van der Waals surface area contributed by atoms with E-state index >= 15 is 0 Å². The first kappa shape index (κ1) is 45.4. The summed E-state index contributed by atoms with van der Waals surface area (Å²) in [7, 11) is 3.01. The fraction of sp³-hybridized carbons (Fsp3) is 0.617. The summed E-state index contributed by atoms with van der Waals surface area (Å²) in [6, 6.07) is 3.46. The molecule has 5 aliphatic carbocycles. The normalized spacial score (nSPS) is 30.1. The molecule has 0 spiro atoms. The molecule has 7 aliphatic rings. The monoisotopic (exact) mass is 933 g/mol. The topological polar surface area (TPSA) is 183 Å². The number of amides is 3. The Morgan fingerprint density at radius 2 is 1.83 bits per heavy atom. The number of carbonyl (C=O) groups is 4. The number of anilines is 1. The number of thiazole rings is 1. The number of halogens is 1. The highest BCUT2D eigenvalue weighted by Gasteiger charge is 2.81. The molecule has 4 unspecified atom stereocenters. The predicted molar refractivity (Wildman–Crippen MR) is 245 cm³/mol. The van der Waals surface area contributed by atoms with Gasteiger partial charge in [0.15, 0.2) is 5.13 Å². The molecule has 3 amide bonds. The van der Waals surface area contributed by atoms with Crippen molar-refractivity contribution in [3.8, 4) is 22.9 Å². The Morgan fingerprint density at radius 3 is 2.48 bits per heavy atom. The van der Waals surface area contributed by atoms with Gasteiger partial charge in [0.1, 0.15) is 58.7 Å². The summed E-state index contributed by atoms with van der Waals surface area (Å²) in [6.07, 6.45) is 2.52. The van der Waals surface area contributed by atoms with Gasteiger partial charge in [0.05, 0.1) is 31.0 Å². The van der Waals surface area contributed by atoms with Crippen LogP contribution >= 0.6 is 22.9 Å². The number of ether oxygens (including phenoxy) is 5. The Kier molecular flexibility index (Phi) is 12.2. The highest BCUT2D eigenvalue weighted by Crippen LogP contribution is 2.82. The van der Waals surface area contributed by atoms with Crippen LogP contribution in [0.4, 0.5) is 9.93 Å². The molecule has 0 radical (unpaired) electrons. The van der Waals surface area contributed by atoms with Crippen LogP contribution in [0, 0.1) is 35.0 Å². The van der Waals surface area contributed by atoms with Gasteiger partial charge in [0, 0.05) is 67.9 Å². The van der Waals surface area contributed by atoms with Gasteiger partial charge < -0.3 is 44.5 Å². The third-order valence-electron chi connectivity index (χ3n) is 14.2. The van der Waals surface area contributed by atoms with Crippen molar-refractivity contribution in [3.05, 3.63) is 41.3 Å². The van der Waals surface area contributed by atoms with E-state index in [2.05, 4.69) is 27.4 Å². The summed E-state index contributed by atoms with van der Waals surface area (Å²) in [4.78, 5) is 69.5. The van der Waals surface area contributed by atoms with Gasteiger partial charge in [0.2, 0.25) is 11.8 Å². The molecule has 7 fully saturated rings. The van der Waals surface area contributed by atoms with Crippen LogP contribution in [0.5, 0.6) is 11.5 Å². The van der Waals surface area contributed by atoms with Gasteiger partial charge in [-0.25, -0.2) is 19.6 Å². The fourth-order valence-corrected chi connectivity index (χ4v) is 11.6. The van der Waals surface area contributed by atoms with E-state index in [9.17, 15) is 19.2 Å². The van der Waals surface area contributed by atoms with Crippen molar-refractivity contribution in [1.82, 2.24) is 30.4 Å². The van der Waals surface area contributed by atoms with Gasteiger partial charge in [-0.15, -0.1) is 17.9 Å². The van der Waals surface area contributed by atoms with Crippen LogP contribution in [0.3, 0.4) is 0 Å². The molecule has 2 saturated heterocycles. The second-order valence-electron chi connectivity index (χ2n) is 19.9. The summed E-state index contributed by atoms with van der Waals surface area (Å²) in [5.74, 6) is 1.38. The number of hydrogen-bond donors (Lipinski definition) is 3. The van der Waals surface area contributed by atoms with Crippen molar-refractivity contribution in [2.24, 2.45) is 35.0 Å². The molecule has 4 heterocycles. The minimum Gasteiger partial charge on any atom is -0.491 e. The summed E-state index contributed by atoms with van der Waals surface area (Å²) < 4.78 is 29.6. The number of esters is 1. The molecule has 5 saturated carbocycles. The number of carbonyl (C=O) groups excluding carboxylic acids is 4. The minimum absolute atomic E-state index is 0.0141. The maximum absolute atomic E-state index is 14.9. The number of aromatic nitrogens is 2. The van der Waals surface area contributed by atoms with Crippen molar-refractivity contribution < 1.29 is 42.9 Å². The zero-order chi connectivity index (χ0) is 46.1. The highest BCUT2D eigenvalue weighted by molar-refractivity contribution is 7.14. The lowest BCUT2D eigenvalue weighted by molar-refractivity contribution is -0.148. The average Bonchev–Trinajstić information content (AvgIpc) is 4.00. The molecule has 2 aliphatic heterocycles. The lowest BCUT2D eigenvalue weighted by atomic mass is 9.85. The number of benzene rings is 1. The number of methoxy groups -OCH3 is 2. The molecule has 1 aromatic carbocycles. The van der Waals surface area contributed by atoms with E-state index in [4.69, 9.17) is 45.3 Å². The summed E-state index contributed by atoms with van der Waals surface area (Å²) in [5, 5.41) is 12.7. The van der Waals surface area contributed by atoms with Gasteiger partial charge >= 0.3 is 12.1 Å². The van der Waals surface area contributed by atoms with Crippen LogP contribution in [-0.4, -0.2) is 133 Å². The van der Waals surface area contributed by atoms with Crippen LogP contribution < -0.4 is 25.4 Å². The van der Waals surface area contributed by atoms with Gasteiger partial charge in [-0.05, 0) is 68.4 Å². The van der Waals surface area contributed by atoms with Crippen molar-refractivity contribution in [1.29, 1.82) is 0 Å². The number of alkyl carbamates (subject to hydrolysis) is 1. The number of nitrogens with zero attached hydrogens (tertiary/aromatic N) is 4. The van der Waals surface area contributed by atoms with Crippen molar-refractivity contribution in [2.45, 2.75) is 102 Å². The van der Waals surface area contributed by atoms with E-state index in [1.165, 1.54) is 23.3 Å². The quantitative estimate of drug-likeness (QED) is 0.107. The number of hydrogen-bond acceptors (Lipinski definition) is 14. The largest absolute Gasteiger partial charge is 0.491 e. The van der Waals surface area contributed by atoms with E-state index in [0.29, 0.717) is 82.1 Å². The number of nitrogens with one attached hydrogen (secondary N) is 3. The molecular weight excluding hydrogens is 874 g/mol. The van der Waals surface area contributed by atoms with Crippen molar-refractivity contribution in [2.75, 3.05) is 52.3 Å². The molecule has 18 heteroatoms. The van der Waals surface area contributed by atoms with E-state index in [-0.39, 0.29) is 37.1 Å². The summed E-state index contributed by atoms with van der Waals surface area (Å²) in [6.45, 7) is 16.3. The Labute approximate surface area is 388 Å². The lowest BCUT2D eigenvalue weighted by Crippen LogP contribution is -2.59. The van der Waals surface area contributed by atoms with Crippen molar-refractivity contribution in [3.63, 3.8) is 0 Å². The molecule has 2 bridgehead atoms. The van der Waals surface area contributed by atoms with Gasteiger partial charge in [-0.2, -0.15) is 0 Å². The first-order valence-electron chi connectivity index (χ1n) is 22.7. The van der Waals surface area contributed by atoms with Crippen LogP contribution in [-0.2, 0) is 28.6 Å². The molecular formula is C47H60ClN7O9S. The van der Waals surface area contributed by atoms with Crippen LogP contribution in [0.1, 0.15) is 60.3 Å². The molecule has 3 N–H and O–H groups in total. The zero-order valence-electron chi connectivity index (χ0n) is 38.1.